The van der Waals surface area contributed by atoms with Crippen LogP contribution in [-0.2, 0) is 16.0 Å². The number of aryl methyl sites for hydroxylation is 1. The number of benzene rings is 1. The van der Waals surface area contributed by atoms with Gasteiger partial charge in [-0.3, -0.25) is 9.59 Å². The smallest absolute Gasteiger partial charge is 0.236 e. The molecule has 0 aliphatic heterocycles. The van der Waals surface area contributed by atoms with Crippen LogP contribution in [0.3, 0.4) is 0 Å². The fourth-order valence-electron chi connectivity index (χ4n) is 1.40. The highest BCUT2D eigenvalue weighted by Crippen LogP contribution is 2.25. The van der Waals surface area contributed by atoms with Crippen LogP contribution in [0.25, 0.3) is 0 Å². The molecule has 0 aliphatic rings. The van der Waals surface area contributed by atoms with E-state index in [0.717, 1.165) is 5.56 Å². The van der Waals surface area contributed by atoms with E-state index in [4.69, 9.17) is 22.1 Å². The minimum atomic E-state index is -0.559. The van der Waals surface area contributed by atoms with E-state index in [-0.39, 0.29) is 18.9 Å². The van der Waals surface area contributed by atoms with Gasteiger partial charge < -0.3 is 15.8 Å². The summed E-state index contributed by atoms with van der Waals surface area (Å²) in [6, 6.07) is 5.34. The number of nitrogens with one attached hydrogen (secondary N) is 1. The number of ether oxygens (including phenoxy) is 1. The highest BCUT2D eigenvalue weighted by Gasteiger charge is 2.05. The second kappa shape index (κ2) is 6.86. The van der Waals surface area contributed by atoms with Crippen molar-refractivity contribution in [2.75, 3.05) is 13.7 Å². The van der Waals surface area contributed by atoms with Crippen LogP contribution < -0.4 is 15.8 Å². The van der Waals surface area contributed by atoms with Crippen molar-refractivity contribution in [3.05, 3.63) is 28.8 Å². The average molecular weight is 271 g/mol. The Morgan fingerprint density at radius 3 is 2.72 bits per heavy atom. The van der Waals surface area contributed by atoms with Gasteiger partial charge in [-0.1, -0.05) is 17.7 Å². The highest BCUT2D eigenvalue weighted by molar-refractivity contribution is 6.32. The zero-order valence-corrected chi connectivity index (χ0v) is 10.8. The monoisotopic (exact) mass is 270 g/mol. The first kappa shape index (κ1) is 14.3. The lowest BCUT2D eigenvalue weighted by atomic mass is 10.1. The maximum Gasteiger partial charge on any atom is 0.236 e. The van der Waals surface area contributed by atoms with Crippen LogP contribution in [0.1, 0.15) is 12.0 Å². The summed E-state index contributed by atoms with van der Waals surface area (Å²) in [4.78, 5) is 21.8. The van der Waals surface area contributed by atoms with Crippen molar-refractivity contribution >= 4 is 23.4 Å². The molecule has 5 nitrogen and oxygen atoms in total. The van der Waals surface area contributed by atoms with Gasteiger partial charge in [-0.05, 0) is 24.1 Å². The van der Waals surface area contributed by atoms with Crippen LogP contribution >= 0.6 is 11.6 Å². The predicted molar refractivity (Wildman–Crippen MR) is 68.5 cm³/mol. The molecule has 0 aromatic heterocycles. The molecule has 0 atom stereocenters. The second-order valence-electron chi connectivity index (χ2n) is 3.71. The van der Waals surface area contributed by atoms with Crippen LogP contribution in [0.2, 0.25) is 5.02 Å². The van der Waals surface area contributed by atoms with Crippen molar-refractivity contribution in [2.24, 2.45) is 5.73 Å². The molecule has 1 aromatic rings. The highest BCUT2D eigenvalue weighted by atomic mass is 35.5. The molecule has 2 amide bonds. The lowest BCUT2D eigenvalue weighted by molar-refractivity contribution is -0.124. The summed E-state index contributed by atoms with van der Waals surface area (Å²) in [6.07, 6.45) is 0.810. The molecule has 6 heteroatoms. The van der Waals surface area contributed by atoms with Gasteiger partial charge in [0.1, 0.15) is 5.75 Å². The minimum absolute atomic E-state index is 0.137. The predicted octanol–water partition coefficient (Wildman–Crippen LogP) is 0.883. The lowest BCUT2D eigenvalue weighted by Crippen LogP contribution is -2.33. The van der Waals surface area contributed by atoms with Gasteiger partial charge in [0.2, 0.25) is 11.8 Å². The number of amides is 2. The number of methoxy groups -OCH3 is 1. The topological polar surface area (TPSA) is 81.4 Å². The summed E-state index contributed by atoms with van der Waals surface area (Å²) >= 11 is 5.96. The third kappa shape index (κ3) is 4.63. The number of hydrogen-bond donors (Lipinski definition) is 2. The Kier molecular flexibility index (Phi) is 5.45. The molecule has 0 fully saturated rings. The van der Waals surface area contributed by atoms with Gasteiger partial charge >= 0.3 is 0 Å². The van der Waals surface area contributed by atoms with E-state index >= 15 is 0 Å². The summed E-state index contributed by atoms with van der Waals surface area (Å²) < 4.78 is 5.03. The zero-order chi connectivity index (χ0) is 13.5. The molecular formula is C12H15ClN2O3. The van der Waals surface area contributed by atoms with Crippen LogP contribution in [0, 0.1) is 0 Å². The molecule has 1 aromatic carbocycles. The Balaban J connectivity index is 2.46. The molecule has 0 radical (unpaired) electrons. The van der Waals surface area contributed by atoms with Gasteiger partial charge in [0.05, 0.1) is 18.7 Å². The summed E-state index contributed by atoms with van der Waals surface area (Å²) in [6.45, 7) is -0.137. The van der Waals surface area contributed by atoms with E-state index < -0.39 is 5.91 Å². The third-order valence-corrected chi connectivity index (χ3v) is 2.61. The Labute approximate surface area is 110 Å². The van der Waals surface area contributed by atoms with Crippen molar-refractivity contribution < 1.29 is 14.3 Å². The lowest BCUT2D eigenvalue weighted by Gasteiger charge is -2.06. The molecule has 0 spiro atoms. The average Bonchev–Trinajstić information content (AvgIpc) is 2.34. The first-order valence-electron chi connectivity index (χ1n) is 5.40. The van der Waals surface area contributed by atoms with Gasteiger partial charge in [-0.15, -0.1) is 0 Å². The molecule has 0 saturated heterocycles. The van der Waals surface area contributed by atoms with Gasteiger partial charge in [0.15, 0.2) is 0 Å². The second-order valence-corrected chi connectivity index (χ2v) is 4.12. The molecule has 0 saturated carbocycles. The van der Waals surface area contributed by atoms with Gasteiger partial charge in [-0.25, -0.2) is 0 Å². The van der Waals surface area contributed by atoms with E-state index in [1.165, 1.54) is 7.11 Å². The van der Waals surface area contributed by atoms with Gasteiger partial charge in [-0.2, -0.15) is 0 Å². The number of hydrogen-bond acceptors (Lipinski definition) is 3. The Bertz CT molecular complexity index is 449. The molecule has 0 bridgehead atoms. The summed E-state index contributed by atoms with van der Waals surface area (Å²) in [7, 11) is 1.54. The maximum absolute atomic E-state index is 11.4. The molecular weight excluding hydrogens is 256 g/mol. The van der Waals surface area contributed by atoms with Crippen LogP contribution in [0.4, 0.5) is 0 Å². The Hall–Kier alpha value is -1.75. The first-order valence-corrected chi connectivity index (χ1v) is 5.78. The quantitative estimate of drug-likeness (QED) is 0.805. The number of primary amides is 1. The van der Waals surface area contributed by atoms with E-state index in [1.807, 2.05) is 6.07 Å². The molecule has 3 N–H and O–H groups in total. The van der Waals surface area contributed by atoms with Gasteiger partial charge in [0, 0.05) is 6.42 Å². The summed E-state index contributed by atoms with van der Waals surface area (Å²) in [5.41, 5.74) is 5.84. The van der Waals surface area contributed by atoms with E-state index in [0.29, 0.717) is 17.2 Å². The van der Waals surface area contributed by atoms with Crippen molar-refractivity contribution in [1.82, 2.24) is 5.32 Å². The number of carbonyl (C=O) groups is 2. The minimum Gasteiger partial charge on any atom is -0.495 e. The van der Waals surface area contributed by atoms with E-state index in [9.17, 15) is 9.59 Å². The standard InChI is InChI=1S/C12H15ClN2O3/c1-18-10-4-2-8(6-9(10)13)3-5-12(17)15-7-11(14)16/h2,4,6H,3,5,7H2,1H3,(H2,14,16)(H,15,17). The SMILES string of the molecule is COc1ccc(CCC(=O)NCC(N)=O)cc1Cl. The van der Waals surface area contributed by atoms with Crippen LogP contribution in [0.15, 0.2) is 18.2 Å². The molecule has 0 aliphatic carbocycles. The largest absolute Gasteiger partial charge is 0.495 e. The van der Waals surface area contributed by atoms with Crippen molar-refractivity contribution in [2.45, 2.75) is 12.8 Å². The number of rotatable bonds is 6. The van der Waals surface area contributed by atoms with E-state index in [1.54, 1.807) is 12.1 Å². The maximum atomic E-state index is 11.4. The fraction of sp³-hybridized carbons (Fsp3) is 0.333. The van der Waals surface area contributed by atoms with Crippen LogP contribution in [0.5, 0.6) is 5.75 Å². The summed E-state index contributed by atoms with van der Waals surface area (Å²) in [5.74, 6) is -0.185. The van der Waals surface area contributed by atoms with Crippen molar-refractivity contribution in [3.63, 3.8) is 0 Å². The molecule has 0 heterocycles. The molecule has 0 unspecified atom stereocenters. The molecule has 1 rings (SSSR count). The Morgan fingerprint density at radius 1 is 1.44 bits per heavy atom. The zero-order valence-electron chi connectivity index (χ0n) is 10.0. The number of carbonyl (C=O) groups excluding carboxylic acids is 2. The van der Waals surface area contributed by atoms with E-state index in [2.05, 4.69) is 5.32 Å². The number of nitrogens with two attached hydrogens (primary N) is 1. The first-order chi connectivity index (χ1) is 8.52. The molecule has 98 valence electrons. The fourth-order valence-corrected chi connectivity index (χ4v) is 1.68. The number of halogens is 1. The Morgan fingerprint density at radius 2 is 2.17 bits per heavy atom. The third-order valence-electron chi connectivity index (χ3n) is 2.32. The normalized spacial score (nSPS) is 9.89. The van der Waals surface area contributed by atoms with Crippen molar-refractivity contribution in [1.29, 1.82) is 0 Å². The summed E-state index contributed by atoms with van der Waals surface area (Å²) in [5, 5.41) is 2.93. The van der Waals surface area contributed by atoms with Crippen molar-refractivity contribution in [3.8, 4) is 5.75 Å². The van der Waals surface area contributed by atoms with Gasteiger partial charge in [0.25, 0.3) is 0 Å². The van der Waals surface area contributed by atoms with Crippen LogP contribution in [-0.4, -0.2) is 25.5 Å². The molecule has 18 heavy (non-hydrogen) atoms.